The Balaban J connectivity index is 2.74. The van der Waals surface area contributed by atoms with Gasteiger partial charge in [-0.05, 0) is 19.1 Å². The summed E-state index contributed by atoms with van der Waals surface area (Å²) >= 11 is 0. The van der Waals surface area contributed by atoms with Crippen LogP contribution in [0.15, 0.2) is 24.3 Å². The maximum atomic E-state index is 11.6. The van der Waals surface area contributed by atoms with Crippen LogP contribution < -0.4 is 0 Å². The molecule has 17 heavy (non-hydrogen) atoms. The molecule has 0 radical (unpaired) electrons. The van der Waals surface area contributed by atoms with Crippen molar-refractivity contribution in [3.05, 3.63) is 35.4 Å². The van der Waals surface area contributed by atoms with Crippen LogP contribution in [0.3, 0.4) is 0 Å². The molecule has 2 atom stereocenters. The number of benzene rings is 1. The van der Waals surface area contributed by atoms with Gasteiger partial charge in [0.2, 0.25) is 0 Å². The summed E-state index contributed by atoms with van der Waals surface area (Å²) in [5.74, 6) is -1.24. The van der Waals surface area contributed by atoms with Gasteiger partial charge in [-0.3, -0.25) is 4.79 Å². The minimum absolute atomic E-state index is 0.362. The summed E-state index contributed by atoms with van der Waals surface area (Å²) in [6.07, 6.45) is 0.0217. The number of esters is 1. The number of ether oxygens (including phenoxy) is 1. The SMILES string of the molecule is Cc1ccc(C(=O)OC(C=O)C(C)C=O)cc1. The lowest BCUT2D eigenvalue weighted by Gasteiger charge is -2.14. The zero-order valence-corrected chi connectivity index (χ0v) is 9.75. The number of carbonyl (C=O) groups excluding carboxylic acids is 3. The number of aryl methyl sites for hydroxylation is 1. The fourth-order valence-electron chi connectivity index (χ4n) is 1.22. The van der Waals surface area contributed by atoms with Gasteiger partial charge in [-0.25, -0.2) is 4.79 Å². The van der Waals surface area contributed by atoms with Gasteiger partial charge in [0.25, 0.3) is 0 Å². The van der Waals surface area contributed by atoms with Gasteiger partial charge in [0, 0.05) is 0 Å². The average molecular weight is 234 g/mol. The highest BCUT2D eigenvalue weighted by molar-refractivity contribution is 5.90. The van der Waals surface area contributed by atoms with E-state index in [4.69, 9.17) is 4.74 Å². The Morgan fingerprint density at radius 1 is 1.18 bits per heavy atom. The first-order valence-corrected chi connectivity index (χ1v) is 5.26. The highest BCUT2D eigenvalue weighted by atomic mass is 16.5. The predicted octanol–water partition coefficient (Wildman–Crippen LogP) is 1.55. The van der Waals surface area contributed by atoms with Gasteiger partial charge < -0.3 is 9.53 Å². The molecule has 0 aliphatic heterocycles. The van der Waals surface area contributed by atoms with Gasteiger partial charge in [-0.1, -0.05) is 24.6 Å². The van der Waals surface area contributed by atoms with Gasteiger partial charge in [-0.2, -0.15) is 0 Å². The van der Waals surface area contributed by atoms with Gasteiger partial charge in [0.15, 0.2) is 12.4 Å². The molecule has 0 aromatic heterocycles. The summed E-state index contributed by atoms with van der Waals surface area (Å²) in [4.78, 5) is 32.9. The van der Waals surface area contributed by atoms with Crippen LogP contribution in [-0.4, -0.2) is 24.6 Å². The lowest BCUT2D eigenvalue weighted by Crippen LogP contribution is -2.27. The summed E-state index contributed by atoms with van der Waals surface area (Å²) in [6, 6.07) is 6.78. The van der Waals surface area contributed by atoms with Crippen LogP contribution in [0, 0.1) is 12.8 Å². The topological polar surface area (TPSA) is 60.4 Å². The molecule has 0 fully saturated rings. The first-order chi connectivity index (χ1) is 8.08. The standard InChI is InChI=1S/C13H14O4/c1-9-3-5-11(6-4-9)13(16)17-12(8-15)10(2)7-14/h3-8,10,12H,1-2H3. The molecule has 1 aromatic carbocycles. The van der Waals surface area contributed by atoms with E-state index in [9.17, 15) is 14.4 Å². The molecule has 0 saturated heterocycles. The largest absolute Gasteiger partial charge is 0.450 e. The van der Waals surface area contributed by atoms with Crippen molar-refractivity contribution < 1.29 is 19.1 Å². The lowest BCUT2D eigenvalue weighted by molar-refractivity contribution is -0.123. The van der Waals surface area contributed by atoms with Crippen LogP contribution in [-0.2, 0) is 14.3 Å². The van der Waals surface area contributed by atoms with E-state index in [0.29, 0.717) is 18.1 Å². The van der Waals surface area contributed by atoms with Gasteiger partial charge in [0.05, 0.1) is 11.5 Å². The van der Waals surface area contributed by atoms with Gasteiger partial charge >= 0.3 is 5.97 Å². The molecule has 1 aromatic rings. The number of hydrogen-bond acceptors (Lipinski definition) is 4. The smallest absolute Gasteiger partial charge is 0.338 e. The Morgan fingerprint density at radius 2 is 1.76 bits per heavy atom. The van der Waals surface area contributed by atoms with Crippen molar-refractivity contribution >= 4 is 18.5 Å². The maximum absolute atomic E-state index is 11.6. The zero-order valence-electron chi connectivity index (χ0n) is 9.75. The Labute approximate surface area is 99.6 Å². The molecular weight excluding hydrogens is 220 g/mol. The Hall–Kier alpha value is -1.97. The monoisotopic (exact) mass is 234 g/mol. The van der Waals surface area contributed by atoms with Crippen LogP contribution in [0.25, 0.3) is 0 Å². The summed E-state index contributed by atoms with van der Waals surface area (Å²) < 4.78 is 4.94. The van der Waals surface area contributed by atoms with Crippen LogP contribution >= 0.6 is 0 Å². The zero-order chi connectivity index (χ0) is 12.8. The first kappa shape index (κ1) is 13.1. The van der Waals surface area contributed by atoms with Crippen molar-refractivity contribution in [2.24, 2.45) is 5.92 Å². The Morgan fingerprint density at radius 3 is 2.24 bits per heavy atom. The van der Waals surface area contributed by atoms with Crippen molar-refractivity contribution in [1.29, 1.82) is 0 Å². The fourth-order valence-corrected chi connectivity index (χ4v) is 1.22. The van der Waals surface area contributed by atoms with E-state index in [1.54, 1.807) is 24.3 Å². The summed E-state index contributed by atoms with van der Waals surface area (Å²) in [7, 11) is 0. The highest BCUT2D eigenvalue weighted by Gasteiger charge is 2.21. The van der Waals surface area contributed by atoms with Crippen molar-refractivity contribution in [1.82, 2.24) is 0 Å². The van der Waals surface area contributed by atoms with Crippen LogP contribution in [0.5, 0.6) is 0 Å². The number of carbonyl (C=O) groups is 3. The maximum Gasteiger partial charge on any atom is 0.338 e. The normalized spacial score (nSPS) is 13.5. The second kappa shape index (κ2) is 5.94. The molecule has 1 rings (SSSR count). The van der Waals surface area contributed by atoms with E-state index < -0.39 is 18.0 Å². The molecule has 0 spiro atoms. The van der Waals surface area contributed by atoms with Crippen LogP contribution in [0.2, 0.25) is 0 Å². The van der Waals surface area contributed by atoms with Crippen molar-refractivity contribution in [2.75, 3.05) is 0 Å². The van der Waals surface area contributed by atoms with Crippen molar-refractivity contribution in [2.45, 2.75) is 20.0 Å². The molecule has 0 bridgehead atoms. The molecule has 0 N–H and O–H groups in total. The average Bonchev–Trinajstić information content (AvgIpc) is 2.35. The molecule has 0 aliphatic carbocycles. The van der Waals surface area contributed by atoms with Gasteiger partial charge in [-0.15, -0.1) is 0 Å². The third-order valence-electron chi connectivity index (χ3n) is 2.40. The van der Waals surface area contributed by atoms with E-state index in [-0.39, 0.29) is 0 Å². The molecule has 4 heteroatoms. The first-order valence-electron chi connectivity index (χ1n) is 5.26. The van der Waals surface area contributed by atoms with E-state index in [1.165, 1.54) is 6.92 Å². The predicted molar refractivity (Wildman–Crippen MR) is 61.7 cm³/mol. The fraction of sp³-hybridized carbons (Fsp3) is 0.308. The van der Waals surface area contributed by atoms with Gasteiger partial charge in [0.1, 0.15) is 6.29 Å². The Kier molecular flexibility index (Phi) is 4.57. The van der Waals surface area contributed by atoms with E-state index in [0.717, 1.165) is 5.56 Å². The lowest BCUT2D eigenvalue weighted by atomic mass is 10.1. The molecule has 4 nitrogen and oxygen atoms in total. The Bertz CT molecular complexity index is 408. The molecule has 2 unspecified atom stereocenters. The molecule has 0 heterocycles. The second-order valence-corrected chi connectivity index (χ2v) is 3.87. The second-order valence-electron chi connectivity index (χ2n) is 3.87. The molecule has 0 amide bonds. The minimum atomic E-state index is -1.03. The van der Waals surface area contributed by atoms with E-state index in [2.05, 4.69) is 0 Å². The minimum Gasteiger partial charge on any atom is -0.450 e. The van der Waals surface area contributed by atoms with Crippen molar-refractivity contribution in [3.8, 4) is 0 Å². The van der Waals surface area contributed by atoms with E-state index >= 15 is 0 Å². The van der Waals surface area contributed by atoms with Crippen LogP contribution in [0.1, 0.15) is 22.8 Å². The quantitative estimate of drug-likeness (QED) is 0.573. The molecule has 0 saturated carbocycles. The number of rotatable bonds is 5. The summed E-state index contributed by atoms with van der Waals surface area (Å²) in [5.41, 5.74) is 1.38. The van der Waals surface area contributed by atoms with Crippen LogP contribution in [0.4, 0.5) is 0 Å². The molecule has 0 aliphatic rings. The third-order valence-corrected chi connectivity index (χ3v) is 2.40. The number of hydrogen-bond donors (Lipinski definition) is 0. The summed E-state index contributed by atoms with van der Waals surface area (Å²) in [5, 5.41) is 0. The third kappa shape index (κ3) is 3.52. The molecule has 90 valence electrons. The highest BCUT2D eigenvalue weighted by Crippen LogP contribution is 2.09. The van der Waals surface area contributed by atoms with Crippen molar-refractivity contribution in [3.63, 3.8) is 0 Å². The molecular formula is C13H14O4. The summed E-state index contributed by atoms with van der Waals surface area (Å²) in [6.45, 7) is 3.42. The number of aldehydes is 2. The van der Waals surface area contributed by atoms with E-state index in [1.807, 2.05) is 6.92 Å².